The van der Waals surface area contributed by atoms with E-state index < -0.39 is 173 Å². The fourth-order valence-electron chi connectivity index (χ4n) is 10.5. The minimum Gasteiger partial charge on any atom is -0.307 e. The van der Waals surface area contributed by atoms with E-state index in [0.29, 0.717) is 0 Å². The number of hydrogen-bond donors (Lipinski definition) is 1. The molecule has 4 aliphatic rings. The van der Waals surface area contributed by atoms with E-state index in [4.69, 9.17) is 0 Å². The second-order valence-corrected chi connectivity index (χ2v) is 49.3. The molecule has 440 valence electrons. The maximum absolute atomic E-state index is 18.0. The Kier molecular flexibility index (Phi) is 17.9. The first kappa shape index (κ1) is 67.4. The number of hydrogen-bond acceptors (Lipinski definition) is 0. The summed E-state index contributed by atoms with van der Waals surface area (Å²) < 4.78 is 282. The zero-order valence-corrected chi connectivity index (χ0v) is 53.1. The lowest BCUT2D eigenvalue weighted by atomic mass is 9.08. The monoisotopic (exact) mass is 1190 g/mol. The summed E-state index contributed by atoms with van der Waals surface area (Å²) >= 11 is 0. The van der Waals surface area contributed by atoms with Crippen LogP contribution in [0.3, 0.4) is 0 Å². The molecule has 0 aromatic heterocycles. The first-order chi connectivity index (χ1) is 34.5. The molecule has 0 fully saturated rings. The lowest BCUT2D eigenvalue weighted by molar-refractivity contribution is -0.786. The topological polar surface area (TPSA) is 4.44 Å². The zero-order valence-electron chi connectivity index (χ0n) is 49.1. The Balaban J connectivity index is 0.00000132. The van der Waals surface area contributed by atoms with Gasteiger partial charge in [0.05, 0.1) is 69.7 Å². The average molecular weight is 1190 g/mol. The highest BCUT2D eigenvalue weighted by Gasteiger charge is 2.70. The van der Waals surface area contributed by atoms with Crippen molar-refractivity contribution in [1.82, 2.24) is 0 Å². The molecule has 1 N–H and O–H groups in total. The summed E-state index contributed by atoms with van der Waals surface area (Å²) in [5.41, 5.74) is -9.68. The molecule has 5 rings (SSSR count). The van der Waals surface area contributed by atoms with Gasteiger partial charge in [0.15, 0.2) is 24.7 Å². The van der Waals surface area contributed by atoms with Crippen molar-refractivity contribution in [2.45, 2.75) is 204 Å². The molecule has 0 spiro atoms. The van der Waals surface area contributed by atoms with Crippen molar-refractivity contribution in [1.29, 1.82) is 0 Å². The van der Waals surface area contributed by atoms with Gasteiger partial charge < -0.3 is 4.90 Å². The third kappa shape index (κ3) is 10.6. The number of quaternary nitrogens is 1. The van der Waals surface area contributed by atoms with Crippen LogP contribution in [-0.4, -0.2) is 101 Å². The molecule has 4 unspecified atom stereocenters. The molecule has 4 atom stereocenters. The lowest BCUT2D eigenvalue weighted by Crippen LogP contribution is -3.00. The quantitative estimate of drug-likeness (QED) is 0.186. The molecule has 78 heavy (non-hydrogen) atoms. The molecule has 0 bridgehead atoms. The van der Waals surface area contributed by atoms with Gasteiger partial charge in [-0.2, -0.15) is 35.1 Å². The van der Waals surface area contributed by atoms with E-state index in [-0.39, 0.29) is 24.3 Å². The summed E-state index contributed by atoms with van der Waals surface area (Å²) in [6.07, 6.45) is -25.5. The summed E-state index contributed by atoms with van der Waals surface area (Å²) in [5.74, 6) is -31.0. The van der Waals surface area contributed by atoms with Crippen molar-refractivity contribution < 1.29 is 75.1 Å². The molecule has 0 heterocycles. The van der Waals surface area contributed by atoms with Crippen molar-refractivity contribution >= 4 is 44.1 Å². The number of alkyl halides is 12. The second-order valence-electron chi connectivity index (χ2n) is 28.1. The zero-order chi connectivity index (χ0) is 61.3. The molecule has 1 aromatic rings. The molecular weight excluding hydrogens is 1110 g/mol. The Morgan fingerprint density at radius 3 is 0.692 bits per heavy atom. The molecule has 22 heteroatoms. The molecule has 4 aliphatic carbocycles. The van der Waals surface area contributed by atoms with Crippen LogP contribution in [0, 0.1) is 0 Å². The van der Waals surface area contributed by atoms with Crippen LogP contribution in [0.4, 0.5) is 75.9 Å². The van der Waals surface area contributed by atoms with Crippen LogP contribution < -0.4 is 4.90 Å². The Morgan fingerprint density at radius 2 is 0.551 bits per heavy atom. The standard InChI is InChI=1S/C48H68BF16Si4.C8H11N/c1-41(2,3)66(13,14)29-21-25(50)33(37(54)45(29,58)59)49(34-26(51)22-30(46(60,61)38(34)55)67(15,16)42(4,5)6,35-27(52)23-31(47(62,63)39(35)56)68(17,18)43(7,8)9)36-28(53)24-32(48(64,65)40(36)57)69(19,20)44(10,11)12;1-9(2)8-6-4-3-5-7-8/h21-24,37-40H,1-20H3;3-7H,1-2H3/q-1;/p+1. The molecule has 0 aliphatic heterocycles. The highest BCUT2D eigenvalue weighted by Crippen LogP contribution is 2.65. The Labute approximate surface area is 456 Å². The predicted octanol–water partition coefficient (Wildman–Crippen LogP) is 18.8. The van der Waals surface area contributed by atoms with Crippen LogP contribution >= 0.6 is 0 Å². The van der Waals surface area contributed by atoms with Gasteiger partial charge in [-0.1, -0.05) is 154 Å². The van der Waals surface area contributed by atoms with E-state index in [9.17, 15) is 0 Å². The Hall–Kier alpha value is -3.09. The highest BCUT2D eigenvalue weighted by atomic mass is 28.3. The smallest absolute Gasteiger partial charge is 0.297 e. The summed E-state index contributed by atoms with van der Waals surface area (Å²) in [6.45, 7) is 26.7. The van der Waals surface area contributed by atoms with Crippen molar-refractivity contribution in [3.8, 4) is 0 Å². The van der Waals surface area contributed by atoms with E-state index in [1.165, 1.54) is 146 Å². The fourth-order valence-corrected chi connectivity index (χ4v) is 19.5. The molecule has 0 amide bonds. The predicted molar refractivity (Wildman–Crippen MR) is 298 cm³/mol. The maximum atomic E-state index is 18.0. The van der Waals surface area contributed by atoms with Gasteiger partial charge in [-0.25, -0.2) is 35.1 Å². The van der Waals surface area contributed by atoms with Crippen LogP contribution in [-0.2, 0) is 0 Å². The van der Waals surface area contributed by atoms with Gasteiger partial charge in [-0.3, -0.25) is 0 Å². The van der Waals surface area contributed by atoms with E-state index in [1.807, 2.05) is 6.07 Å². The van der Waals surface area contributed by atoms with Crippen LogP contribution in [0.1, 0.15) is 83.1 Å². The van der Waals surface area contributed by atoms with Crippen molar-refractivity contribution in [2.75, 3.05) is 14.1 Å². The van der Waals surface area contributed by atoms with Crippen LogP contribution in [0.2, 0.25) is 72.5 Å². The lowest BCUT2D eigenvalue weighted by Gasteiger charge is -2.59. The largest absolute Gasteiger partial charge is 0.307 e. The number of rotatable bonds is 9. The SMILES string of the molecule is CC(C)(C)[Si](C)(C)C1=CC(F)=C([B-](C2=C(F)C=C([Si](C)(C)C(C)(C)C)C(F)(F)C2F)(C2=C(F)C=C([Si](C)(C)C(C)(C)C)C(F)(F)C2F)C2=C(F)C=C([Si](C)(C)C(C)(C)C)C(F)(F)C2F)C(F)C1(F)F.C[NH+](C)c1ccccc1. The third-order valence-electron chi connectivity index (χ3n) is 19.4. The molecule has 0 saturated carbocycles. The van der Waals surface area contributed by atoms with Crippen LogP contribution in [0.25, 0.3) is 0 Å². The molecule has 0 radical (unpaired) electrons. The molecule has 0 saturated heterocycles. The minimum absolute atomic E-state index is 0.115. The summed E-state index contributed by atoms with van der Waals surface area (Å²) in [5, 5.41) is -10.3. The normalized spacial score (nSPS) is 25.5. The van der Waals surface area contributed by atoms with Gasteiger partial charge in [0, 0.05) is 0 Å². The van der Waals surface area contributed by atoms with Crippen LogP contribution in [0.5, 0.6) is 0 Å². The molecule has 1 aromatic carbocycles. The van der Waals surface area contributed by atoms with Crippen molar-refractivity contribution in [3.05, 3.63) is 121 Å². The third-order valence-corrected chi connectivity index (χ3v) is 41.7. The minimum atomic E-state index is -6.61. The number of para-hydroxylation sites is 1. The van der Waals surface area contributed by atoms with Gasteiger partial charge in [0.25, 0.3) is 23.7 Å². The van der Waals surface area contributed by atoms with E-state index in [1.54, 1.807) is 0 Å². The first-order valence-corrected chi connectivity index (χ1v) is 38.1. The van der Waals surface area contributed by atoms with E-state index in [0.717, 1.165) is 0 Å². The van der Waals surface area contributed by atoms with E-state index >= 15 is 70.2 Å². The summed E-state index contributed by atoms with van der Waals surface area (Å²) in [6, 6.07) is 10.4. The van der Waals surface area contributed by atoms with Crippen molar-refractivity contribution in [3.63, 3.8) is 0 Å². The molecule has 1 nitrogen and oxygen atoms in total. The Bertz CT molecular complexity index is 2440. The highest BCUT2D eigenvalue weighted by molar-refractivity contribution is 7.05. The van der Waals surface area contributed by atoms with Crippen LogP contribution in [0.15, 0.2) is 121 Å². The van der Waals surface area contributed by atoms with Gasteiger partial charge in [-0.15, -0.1) is 21.9 Å². The van der Waals surface area contributed by atoms with Gasteiger partial charge in [0.2, 0.25) is 0 Å². The number of nitrogens with one attached hydrogen (secondary N) is 1. The first-order valence-electron chi connectivity index (χ1n) is 26.1. The van der Waals surface area contributed by atoms with Gasteiger partial charge in [-0.05, 0) is 77.4 Å². The van der Waals surface area contributed by atoms with Gasteiger partial charge in [0.1, 0.15) is 11.8 Å². The molecular formula is C56H80BF16NSi4. The van der Waals surface area contributed by atoms with E-state index in [2.05, 4.69) is 38.4 Å². The maximum Gasteiger partial charge on any atom is 0.297 e. The van der Waals surface area contributed by atoms with Crippen molar-refractivity contribution in [2.24, 2.45) is 0 Å². The number of allylic oxidation sites excluding steroid dienone is 16. The Morgan fingerprint density at radius 1 is 0.372 bits per heavy atom. The summed E-state index contributed by atoms with van der Waals surface area (Å²) in [4.78, 5) is 1.37. The average Bonchev–Trinajstić information content (AvgIpc) is 3.25. The number of halogens is 16. The summed E-state index contributed by atoms with van der Waals surface area (Å²) in [7, 11) is -11.7. The number of benzene rings is 1. The second kappa shape index (κ2) is 20.7. The van der Waals surface area contributed by atoms with Gasteiger partial charge >= 0.3 is 0 Å². The fraction of sp³-hybridized carbons (Fsp3) is 0.607.